The van der Waals surface area contributed by atoms with E-state index in [2.05, 4.69) is 5.32 Å². The fraction of sp³-hybridized carbons (Fsp3) is 0.556. The van der Waals surface area contributed by atoms with Crippen molar-refractivity contribution in [2.45, 2.75) is 0 Å². The van der Waals surface area contributed by atoms with Crippen LogP contribution >= 0.6 is 22.9 Å². The van der Waals surface area contributed by atoms with Crippen molar-refractivity contribution < 1.29 is 4.74 Å². The number of anilines is 1. The highest BCUT2D eigenvalue weighted by molar-refractivity contribution is 7.19. The highest BCUT2D eigenvalue weighted by Crippen LogP contribution is 2.30. The number of halogens is 1. The molecule has 1 saturated heterocycles. The Balaban J connectivity index is 1.87. The van der Waals surface area contributed by atoms with E-state index in [1.807, 2.05) is 12.1 Å². The van der Waals surface area contributed by atoms with E-state index in [4.69, 9.17) is 22.1 Å². The zero-order valence-corrected chi connectivity index (χ0v) is 9.33. The molecule has 0 amide bonds. The number of nitrogens with two attached hydrogens (primary N) is 1. The molecule has 1 aliphatic rings. The summed E-state index contributed by atoms with van der Waals surface area (Å²) in [6.07, 6.45) is 0. The van der Waals surface area contributed by atoms with E-state index >= 15 is 0 Å². The molecule has 2 heterocycles. The van der Waals surface area contributed by atoms with Crippen LogP contribution in [0.5, 0.6) is 0 Å². The highest BCUT2D eigenvalue weighted by atomic mass is 35.5. The van der Waals surface area contributed by atoms with Crippen LogP contribution in [0.4, 0.5) is 5.00 Å². The summed E-state index contributed by atoms with van der Waals surface area (Å²) >= 11 is 7.37. The smallest absolute Gasteiger partial charge is 0.0950 e. The van der Waals surface area contributed by atoms with E-state index in [1.54, 1.807) is 11.3 Å². The van der Waals surface area contributed by atoms with Crippen molar-refractivity contribution in [1.29, 1.82) is 0 Å². The lowest BCUT2D eigenvalue weighted by molar-refractivity contribution is -0.0979. The molecular formula is C9H13ClN2OS. The van der Waals surface area contributed by atoms with Gasteiger partial charge in [-0.1, -0.05) is 11.6 Å². The lowest BCUT2D eigenvalue weighted by atomic mass is 9.86. The molecular weight excluding hydrogens is 220 g/mol. The molecule has 14 heavy (non-hydrogen) atoms. The maximum Gasteiger partial charge on any atom is 0.0950 e. The Morgan fingerprint density at radius 2 is 2.36 bits per heavy atom. The molecule has 0 aromatic carbocycles. The molecule has 1 aromatic rings. The minimum atomic E-state index is 0.135. The Labute approximate surface area is 92.2 Å². The Hall–Kier alpha value is -0.290. The van der Waals surface area contributed by atoms with Gasteiger partial charge in [0.1, 0.15) is 0 Å². The molecule has 0 unspecified atom stereocenters. The van der Waals surface area contributed by atoms with Gasteiger partial charge in [0.05, 0.1) is 22.6 Å². The molecule has 5 heteroatoms. The Bertz CT molecular complexity index is 306. The zero-order chi connectivity index (χ0) is 10.0. The summed E-state index contributed by atoms with van der Waals surface area (Å²) in [6, 6.07) is 3.87. The fourth-order valence-corrected chi connectivity index (χ4v) is 2.31. The highest BCUT2D eigenvalue weighted by Gasteiger charge is 2.36. The van der Waals surface area contributed by atoms with Crippen LogP contribution in [-0.2, 0) is 4.74 Å². The van der Waals surface area contributed by atoms with Crippen molar-refractivity contribution in [2.24, 2.45) is 11.1 Å². The van der Waals surface area contributed by atoms with E-state index in [1.165, 1.54) is 0 Å². The normalized spacial score (nSPS) is 19.0. The standard InChI is InChI=1S/C9H13ClN2OS/c10-7-1-2-8(14-7)12-4-9(3-11)5-13-6-9/h1-2,12H,3-6,11H2. The van der Waals surface area contributed by atoms with Gasteiger partial charge in [-0.05, 0) is 12.1 Å². The molecule has 1 aliphatic heterocycles. The maximum atomic E-state index is 5.82. The van der Waals surface area contributed by atoms with Gasteiger partial charge in [0.15, 0.2) is 0 Å². The summed E-state index contributed by atoms with van der Waals surface area (Å²) in [5.41, 5.74) is 5.83. The Kier molecular flexibility index (Phi) is 2.97. The van der Waals surface area contributed by atoms with Gasteiger partial charge in [-0.2, -0.15) is 0 Å². The van der Waals surface area contributed by atoms with E-state index in [9.17, 15) is 0 Å². The molecule has 0 spiro atoms. The van der Waals surface area contributed by atoms with Crippen LogP contribution in [0.15, 0.2) is 12.1 Å². The SMILES string of the molecule is NCC1(CNc2ccc(Cl)s2)COC1. The molecule has 0 radical (unpaired) electrons. The van der Waals surface area contributed by atoms with Gasteiger partial charge < -0.3 is 15.8 Å². The van der Waals surface area contributed by atoms with Gasteiger partial charge in [-0.25, -0.2) is 0 Å². The third-order valence-corrected chi connectivity index (χ3v) is 3.65. The minimum Gasteiger partial charge on any atom is -0.380 e. The van der Waals surface area contributed by atoms with Gasteiger partial charge in [0, 0.05) is 18.5 Å². The van der Waals surface area contributed by atoms with Crippen LogP contribution in [0.1, 0.15) is 0 Å². The number of nitrogens with one attached hydrogen (secondary N) is 1. The van der Waals surface area contributed by atoms with Gasteiger partial charge >= 0.3 is 0 Å². The van der Waals surface area contributed by atoms with E-state index in [0.29, 0.717) is 6.54 Å². The summed E-state index contributed by atoms with van der Waals surface area (Å²) < 4.78 is 5.98. The fourth-order valence-electron chi connectivity index (χ4n) is 1.37. The summed E-state index contributed by atoms with van der Waals surface area (Å²) in [5.74, 6) is 0. The van der Waals surface area contributed by atoms with Gasteiger partial charge in [0.2, 0.25) is 0 Å². The second-order valence-corrected chi connectivity index (χ2v) is 5.37. The molecule has 0 bridgehead atoms. The maximum absolute atomic E-state index is 5.82. The van der Waals surface area contributed by atoms with Crippen molar-refractivity contribution in [3.8, 4) is 0 Å². The first-order chi connectivity index (χ1) is 6.74. The van der Waals surface area contributed by atoms with Crippen LogP contribution in [0.2, 0.25) is 4.34 Å². The summed E-state index contributed by atoms with van der Waals surface area (Å²) in [7, 11) is 0. The predicted molar refractivity (Wildman–Crippen MR) is 60.1 cm³/mol. The first kappa shape index (κ1) is 10.2. The van der Waals surface area contributed by atoms with Crippen LogP contribution < -0.4 is 11.1 Å². The Morgan fingerprint density at radius 1 is 1.57 bits per heavy atom. The molecule has 2 rings (SSSR count). The van der Waals surface area contributed by atoms with Crippen LogP contribution in [0, 0.1) is 5.41 Å². The minimum absolute atomic E-state index is 0.135. The number of rotatable bonds is 4. The Morgan fingerprint density at radius 3 is 2.79 bits per heavy atom. The van der Waals surface area contributed by atoms with Crippen molar-refractivity contribution >= 4 is 27.9 Å². The number of hydrogen-bond acceptors (Lipinski definition) is 4. The molecule has 78 valence electrons. The number of ether oxygens (including phenoxy) is 1. The lowest BCUT2D eigenvalue weighted by Crippen LogP contribution is -2.52. The number of hydrogen-bond donors (Lipinski definition) is 2. The number of thiophene rings is 1. The lowest BCUT2D eigenvalue weighted by Gasteiger charge is -2.40. The molecule has 1 fully saturated rings. The van der Waals surface area contributed by atoms with Crippen molar-refractivity contribution in [2.75, 3.05) is 31.6 Å². The van der Waals surface area contributed by atoms with Crippen LogP contribution in [0.3, 0.4) is 0 Å². The summed E-state index contributed by atoms with van der Waals surface area (Å²) in [4.78, 5) is 0. The quantitative estimate of drug-likeness (QED) is 0.832. The molecule has 0 atom stereocenters. The van der Waals surface area contributed by atoms with Gasteiger partial charge in [-0.3, -0.25) is 0 Å². The molecule has 0 saturated carbocycles. The van der Waals surface area contributed by atoms with Crippen molar-refractivity contribution in [3.05, 3.63) is 16.5 Å². The van der Waals surface area contributed by atoms with Crippen molar-refractivity contribution in [3.63, 3.8) is 0 Å². The van der Waals surface area contributed by atoms with Crippen LogP contribution in [-0.4, -0.2) is 26.3 Å². The van der Waals surface area contributed by atoms with E-state index < -0.39 is 0 Å². The first-order valence-electron chi connectivity index (χ1n) is 4.51. The molecule has 3 nitrogen and oxygen atoms in total. The average molecular weight is 233 g/mol. The molecule has 1 aromatic heterocycles. The first-order valence-corrected chi connectivity index (χ1v) is 5.71. The molecule has 0 aliphatic carbocycles. The second-order valence-electron chi connectivity index (χ2n) is 3.65. The van der Waals surface area contributed by atoms with E-state index in [-0.39, 0.29) is 5.41 Å². The topological polar surface area (TPSA) is 47.3 Å². The van der Waals surface area contributed by atoms with Crippen LogP contribution in [0.25, 0.3) is 0 Å². The summed E-state index contributed by atoms with van der Waals surface area (Å²) in [6.45, 7) is 3.05. The van der Waals surface area contributed by atoms with Gasteiger partial charge in [-0.15, -0.1) is 11.3 Å². The van der Waals surface area contributed by atoms with Crippen molar-refractivity contribution in [1.82, 2.24) is 0 Å². The van der Waals surface area contributed by atoms with E-state index in [0.717, 1.165) is 29.1 Å². The second kappa shape index (κ2) is 4.06. The predicted octanol–water partition coefficient (Wildman–Crippen LogP) is 1.79. The third kappa shape index (κ3) is 2.03. The summed E-state index contributed by atoms with van der Waals surface area (Å²) in [5, 5.41) is 4.43. The monoisotopic (exact) mass is 232 g/mol. The zero-order valence-electron chi connectivity index (χ0n) is 7.75. The average Bonchev–Trinajstić information content (AvgIpc) is 2.50. The molecule has 3 N–H and O–H groups in total. The van der Waals surface area contributed by atoms with Gasteiger partial charge in [0.25, 0.3) is 0 Å². The third-order valence-electron chi connectivity index (χ3n) is 2.46. The largest absolute Gasteiger partial charge is 0.380 e.